The molecule has 0 bridgehead atoms. The lowest BCUT2D eigenvalue weighted by atomic mass is 10.1. The van der Waals surface area contributed by atoms with Crippen LogP contribution in [0.1, 0.15) is 25.8 Å². The third kappa shape index (κ3) is 3.32. The van der Waals surface area contributed by atoms with Crippen molar-refractivity contribution >= 4 is 10.9 Å². The zero-order valence-electron chi connectivity index (χ0n) is 10.4. The fourth-order valence-electron chi connectivity index (χ4n) is 2.10. The zero-order chi connectivity index (χ0) is 12.3. The van der Waals surface area contributed by atoms with Crippen molar-refractivity contribution in [1.29, 1.82) is 0 Å². The molecule has 0 fully saturated rings. The van der Waals surface area contributed by atoms with Crippen molar-refractivity contribution in [3.8, 4) is 0 Å². The standard InChI is InChI=1S/C14H20N2O/c1-10(7-11(2)17)16-9-12-3-4-14-13(8-12)5-6-15-14/h3-6,8,10-11,15-17H,7,9H2,1-2H3. The third-order valence-corrected chi connectivity index (χ3v) is 2.97. The molecule has 2 rings (SSSR count). The number of benzene rings is 1. The van der Waals surface area contributed by atoms with Gasteiger partial charge in [-0.2, -0.15) is 0 Å². The van der Waals surface area contributed by atoms with Crippen LogP contribution in [0.25, 0.3) is 10.9 Å². The minimum atomic E-state index is -0.246. The molecule has 2 atom stereocenters. The molecule has 0 amide bonds. The molecule has 17 heavy (non-hydrogen) atoms. The van der Waals surface area contributed by atoms with Crippen LogP contribution in [0.3, 0.4) is 0 Å². The number of aromatic amines is 1. The number of aromatic nitrogens is 1. The van der Waals surface area contributed by atoms with Crippen LogP contribution in [0, 0.1) is 0 Å². The first-order valence-corrected chi connectivity index (χ1v) is 6.12. The van der Waals surface area contributed by atoms with Crippen LogP contribution < -0.4 is 5.32 Å². The molecule has 2 aromatic rings. The summed E-state index contributed by atoms with van der Waals surface area (Å²) in [4.78, 5) is 3.18. The number of rotatable bonds is 5. The van der Waals surface area contributed by atoms with Gasteiger partial charge in [0.2, 0.25) is 0 Å². The molecule has 3 N–H and O–H groups in total. The van der Waals surface area contributed by atoms with Gasteiger partial charge in [-0.3, -0.25) is 0 Å². The highest BCUT2D eigenvalue weighted by atomic mass is 16.3. The first-order chi connectivity index (χ1) is 8.15. The average molecular weight is 232 g/mol. The van der Waals surface area contributed by atoms with Gasteiger partial charge in [0.15, 0.2) is 0 Å². The molecule has 0 aliphatic heterocycles. The largest absolute Gasteiger partial charge is 0.393 e. The SMILES string of the molecule is CC(O)CC(C)NCc1ccc2[nH]ccc2c1. The molecular formula is C14H20N2O. The molecule has 0 radical (unpaired) electrons. The molecule has 0 saturated carbocycles. The molecule has 92 valence electrons. The Morgan fingerprint density at radius 3 is 2.88 bits per heavy atom. The highest BCUT2D eigenvalue weighted by molar-refractivity contribution is 5.79. The summed E-state index contributed by atoms with van der Waals surface area (Å²) in [6.07, 6.45) is 2.49. The lowest BCUT2D eigenvalue weighted by molar-refractivity contribution is 0.170. The third-order valence-electron chi connectivity index (χ3n) is 2.97. The maximum Gasteiger partial charge on any atom is 0.0526 e. The number of hydrogen-bond acceptors (Lipinski definition) is 2. The fourth-order valence-corrected chi connectivity index (χ4v) is 2.10. The van der Waals surface area contributed by atoms with E-state index >= 15 is 0 Å². The number of H-pyrrole nitrogens is 1. The van der Waals surface area contributed by atoms with Gasteiger partial charge in [-0.05, 0) is 49.4 Å². The Hall–Kier alpha value is -1.32. The summed E-state index contributed by atoms with van der Waals surface area (Å²) < 4.78 is 0. The lowest BCUT2D eigenvalue weighted by Gasteiger charge is -2.15. The van der Waals surface area contributed by atoms with Crippen LogP contribution in [0.5, 0.6) is 0 Å². The van der Waals surface area contributed by atoms with Gasteiger partial charge in [0.05, 0.1) is 6.10 Å². The van der Waals surface area contributed by atoms with Gasteiger partial charge in [-0.1, -0.05) is 6.07 Å². The van der Waals surface area contributed by atoms with E-state index in [1.165, 1.54) is 16.5 Å². The Morgan fingerprint density at radius 1 is 1.29 bits per heavy atom. The molecule has 2 unspecified atom stereocenters. The van der Waals surface area contributed by atoms with Crippen LogP contribution in [0.15, 0.2) is 30.5 Å². The summed E-state index contributed by atoms with van der Waals surface area (Å²) in [6, 6.07) is 8.83. The Kier molecular flexibility index (Phi) is 3.82. The van der Waals surface area contributed by atoms with E-state index in [9.17, 15) is 5.11 Å². The van der Waals surface area contributed by atoms with Gasteiger partial charge in [-0.15, -0.1) is 0 Å². The van der Waals surface area contributed by atoms with Gasteiger partial charge in [-0.25, -0.2) is 0 Å². The van der Waals surface area contributed by atoms with E-state index in [0.29, 0.717) is 6.04 Å². The predicted molar refractivity (Wildman–Crippen MR) is 70.9 cm³/mol. The summed E-state index contributed by atoms with van der Waals surface area (Å²) >= 11 is 0. The number of hydrogen-bond donors (Lipinski definition) is 3. The van der Waals surface area contributed by atoms with Gasteiger partial charge < -0.3 is 15.4 Å². The van der Waals surface area contributed by atoms with Crippen molar-refractivity contribution in [2.24, 2.45) is 0 Å². The molecule has 0 aliphatic rings. The number of fused-ring (bicyclic) bond motifs is 1. The van der Waals surface area contributed by atoms with E-state index in [1.807, 2.05) is 13.1 Å². The lowest BCUT2D eigenvalue weighted by Crippen LogP contribution is -2.28. The predicted octanol–water partition coefficient (Wildman–Crippen LogP) is 2.42. The summed E-state index contributed by atoms with van der Waals surface area (Å²) in [6.45, 7) is 4.76. The average Bonchev–Trinajstić information content (AvgIpc) is 2.72. The van der Waals surface area contributed by atoms with Crippen LogP contribution in [-0.2, 0) is 6.54 Å². The van der Waals surface area contributed by atoms with Gasteiger partial charge in [0.25, 0.3) is 0 Å². The Balaban J connectivity index is 1.94. The van der Waals surface area contributed by atoms with Crippen LogP contribution in [0.2, 0.25) is 0 Å². The summed E-state index contributed by atoms with van der Waals surface area (Å²) in [5.74, 6) is 0. The van der Waals surface area contributed by atoms with Gasteiger partial charge in [0, 0.05) is 24.3 Å². The van der Waals surface area contributed by atoms with Crippen molar-refractivity contribution in [2.75, 3.05) is 0 Å². The first kappa shape index (κ1) is 12.1. The van der Waals surface area contributed by atoms with Crippen LogP contribution in [0.4, 0.5) is 0 Å². The molecule has 1 aromatic heterocycles. The Bertz CT molecular complexity index is 476. The van der Waals surface area contributed by atoms with E-state index in [4.69, 9.17) is 0 Å². The minimum absolute atomic E-state index is 0.246. The van der Waals surface area contributed by atoms with E-state index in [-0.39, 0.29) is 6.10 Å². The Labute approximate surface area is 102 Å². The molecule has 0 spiro atoms. The van der Waals surface area contributed by atoms with Crippen molar-refractivity contribution in [3.05, 3.63) is 36.0 Å². The zero-order valence-corrected chi connectivity index (χ0v) is 10.4. The summed E-state index contributed by atoms with van der Waals surface area (Å²) in [5, 5.41) is 13.9. The van der Waals surface area contributed by atoms with Gasteiger partial charge in [0.1, 0.15) is 0 Å². The first-order valence-electron chi connectivity index (χ1n) is 6.12. The number of nitrogens with one attached hydrogen (secondary N) is 2. The topological polar surface area (TPSA) is 48.0 Å². The van der Waals surface area contributed by atoms with E-state index in [2.05, 4.69) is 41.5 Å². The van der Waals surface area contributed by atoms with E-state index < -0.39 is 0 Å². The molecular weight excluding hydrogens is 212 g/mol. The van der Waals surface area contributed by atoms with E-state index in [1.54, 1.807) is 0 Å². The molecule has 0 aliphatic carbocycles. The minimum Gasteiger partial charge on any atom is -0.393 e. The smallest absolute Gasteiger partial charge is 0.0526 e. The molecule has 3 nitrogen and oxygen atoms in total. The Morgan fingerprint density at radius 2 is 2.12 bits per heavy atom. The number of aliphatic hydroxyl groups excluding tert-OH is 1. The quantitative estimate of drug-likeness (QED) is 0.741. The normalized spacial score (nSPS) is 15.0. The summed E-state index contributed by atoms with van der Waals surface area (Å²) in [7, 11) is 0. The van der Waals surface area contributed by atoms with Gasteiger partial charge >= 0.3 is 0 Å². The van der Waals surface area contributed by atoms with Crippen molar-refractivity contribution in [1.82, 2.24) is 10.3 Å². The second-order valence-electron chi connectivity index (χ2n) is 4.77. The highest BCUT2D eigenvalue weighted by Gasteiger charge is 2.05. The van der Waals surface area contributed by atoms with Crippen LogP contribution >= 0.6 is 0 Å². The van der Waals surface area contributed by atoms with Crippen LogP contribution in [-0.4, -0.2) is 22.2 Å². The fraction of sp³-hybridized carbons (Fsp3) is 0.429. The van der Waals surface area contributed by atoms with Crippen molar-refractivity contribution < 1.29 is 5.11 Å². The molecule has 1 heterocycles. The second-order valence-corrected chi connectivity index (χ2v) is 4.77. The maximum atomic E-state index is 9.29. The summed E-state index contributed by atoms with van der Waals surface area (Å²) in [5.41, 5.74) is 2.44. The maximum absolute atomic E-state index is 9.29. The van der Waals surface area contributed by atoms with Crippen molar-refractivity contribution in [2.45, 2.75) is 39.0 Å². The van der Waals surface area contributed by atoms with E-state index in [0.717, 1.165) is 13.0 Å². The monoisotopic (exact) mass is 232 g/mol. The second kappa shape index (κ2) is 5.34. The molecule has 1 aromatic carbocycles. The number of aliphatic hydroxyl groups is 1. The molecule has 3 heteroatoms. The molecule has 0 saturated heterocycles. The van der Waals surface area contributed by atoms with Crippen molar-refractivity contribution in [3.63, 3.8) is 0 Å². The highest BCUT2D eigenvalue weighted by Crippen LogP contribution is 2.14.